The van der Waals surface area contributed by atoms with Crippen molar-refractivity contribution in [2.45, 2.75) is 39.0 Å². The number of anilines is 1. The Bertz CT molecular complexity index is 1260. The molecule has 1 aliphatic carbocycles. The number of hydrazone groups is 1. The third-order valence-corrected chi connectivity index (χ3v) is 6.53. The molecule has 1 aliphatic heterocycles. The minimum absolute atomic E-state index is 0.126. The van der Waals surface area contributed by atoms with Crippen LogP contribution in [0.3, 0.4) is 0 Å². The number of carbonyl (C=O) groups is 2. The zero-order chi connectivity index (χ0) is 22.9. The largest absolute Gasteiger partial charge is 0.455 e. The third kappa shape index (κ3) is 4.07. The van der Waals surface area contributed by atoms with Crippen LogP contribution in [0.2, 0.25) is 5.02 Å². The number of halogens is 1. The first-order chi connectivity index (χ1) is 16.0. The Balaban J connectivity index is 1.43. The number of nitrogens with zero attached hydrogens (tertiary/aromatic N) is 2. The van der Waals surface area contributed by atoms with Crippen molar-refractivity contribution in [1.29, 1.82) is 0 Å². The number of furan rings is 1. The van der Waals surface area contributed by atoms with Gasteiger partial charge < -0.3 is 9.32 Å². The molecule has 2 amide bonds. The Morgan fingerprint density at radius 3 is 2.64 bits per heavy atom. The van der Waals surface area contributed by atoms with Gasteiger partial charge in [-0.05, 0) is 68.5 Å². The van der Waals surface area contributed by atoms with Crippen molar-refractivity contribution in [1.82, 2.24) is 5.43 Å². The molecule has 3 aromatic rings. The summed E-state index contributed by atoms with van der Waals surface area (Å²) in [5, 5.41) is 4.97. The van der Waals surface area contributed by atoms with Gasteiger partial charge in [0.25, 0.3) is 11.8 Å². The van der Waals surface area contributed by atoms with Crippen molar-refractivity contribution in [3.8, 4) is 0 Å². The molecule has 0 saturated heterocycles. The smallest absolute Gasteiger partial charge is 0.294 e. The van der Waals surface area contributed by atoms with Gasteiger partial charge in [0, 0.05) is 40.4 Å². The summed E-state index contributed by atoms with van der Waals surface area (Å²) in [5.41, 5.74) is 7.59. The Morgan fingerprint density at radius 1 is 1.03 bits per heavy atom. The molecular formula is C26H24ClN3O3. The molecule has 0 fully saturated rings. The fourth-order valence-electron chi connectivity index (χ4n) is 4.64. The second-order valence-corrected chi connectivity index (χ2v) is 8.84. The molecule has 2 aliphatic rings. The number of carbonyl (C=O) groups excluding carboxylic acids is 2. The summed E-state index contributed by atoms with van der Waals surface area (Å²) >= 11 is 5.90. The average molecular weight is 462 g/mol. The van der Waals surface area contributed by atoms with Gasteiger partial charge in [0.15, 0.2) is 5.76 Å². The van der Waals surface area contributed by atoms with E-state index in [1.165, 1.54) is 5.56 Å². The highest BCUT2D eigenvalue weighted by molar-refractivity contribution is 6.30. The van der Waals surface area contributed by atoms with Crippen LogP contribution in [0.15, 0.2) is 58.0 Å². The summed E-state index contributed by atoms with van der Waals surface area (Å²) in [5.74, 6) is 0.675. The van der Waals surface area contributed by atoms with Gasteiger partial charge in [-0.15, -0.1) is 0 Å². The third-order valence-electron chi connectivity index (χ3n) is 6.27. The first-order valence-electron chi connectivity index (χ1n) is 11.2. The normalized spacial score (nSPS) is 16.3. The SMILES string of the molecule is Cc1c(C(=O)N2CCCc3ccccc32)oc2c1/C(=N/NC(=O)c1ccc(Cl)cc1)CCC2. The summed E-state index contributed by atoms with van der Waals surface area (Å²) in [4.78, 5) is 27.8. The highest BCUT2D eigenvalue weighted by Gasteiger charge is 2.32. The summed E-state index contributed by atoms with van der Waals surface area (Å²) < 4.78 is 6.10. The molecule has 1 aromatic heterocycles. The first kappa shape index (κ1) is 21.5. The number of rotatable bonds is 3. The van der Waals surface area contributed by atoms with Crippen LogP contribution >= 0.6 is 11.6 Å². The van der Waals surface area contributed by atoms with E-state index in [0.29, 0.717) is 29.3 Å². The summed E-state index contributed by atoms with van der Waals surface area (Å²) in [7, 11) is 0. The van der Waals surface area contributed by atoms with E-state index in [9.17, 15) is 9.59 Å². The molecule has 5 rings (SSSR count). The van der Waals surface area contributed by atoms with Crippen LogP contribution in [0, 0.1) is 6.92 Å². The quantitative estimate of drug-likeness (QED) is 0.537. The number of hydrogen-bond donors (Lipinski definition) is 1. The molecule has 0 unspecified atom stereocenters. The molecule has 0 radical (unpaired) electrons. The minimum atomic E-state index is -0.311. The number of hydrogen-bond acceptors (Lipinski definition) is 4. The lowest BCUT2D eigenvalue weighted by Crippen LogP contribution is -2.35. The van der Waals surface area contributed by atoms with Gasteiger partial charge in [0.05, 0.1) is 5.71 Å². The zero-order valence-electron chi connectivity index (χ0n) is 18.4. The van der Waals surface area contributed by atoms with E-state index in [2.05, 4.69) is 16.6 Å². The molecule has 33 heavy (non-hydrogen) atoms. The van der Waals surface area contributed by atoms with Crippen LogP contribution in [0.25, 0.3) is 0 Å². The first-order valence-corrected chi connectivity index (χ1v) is 11.6. The molecule has 7 heteroatoms. The van der Waals surface area contributed by atoms with Gasteiger partial charge >= 0.3 is 0 Å². The molecule has 2 aromatic carbocycles. The van der Waals surface area contributed by atoms with E-state index in [1.807, 2.05) is 30.0 Å². The van der Waals surface area contributed by atoms with Crippen LogP contribution in [-0.2, 0) is 12.8 Å². The maximum absolute atomic E-state index is 13.5. The number of para-hydroxylation sites is 1. The zero-order valence-corrected chi connectivity index (χ0v) is 19.1. The van der Waals surface area contributed by atoms with Crippen molar-refractivity contribution in [3.63, 3.8) is 0 Å². The van der Waals surface area contributed by atoms with Crippen molar-refractivity contribution in [3.05, 3.63) is 87.3 Å². The second kappa shape index (κ2) is 8.87. The van der Waals surface area contributed by atoms with Gasteiger partial charge in [-0.25, -0.2) is 5.43 Å². The predicted octanol–water partition coefficient (Wildman–Crippen LogP) is 5.30. The summed E-state index contributed by atoms with van der Waals surface area (Å²) in [6.45, 7) is 2.56. The summed E-state index contributed by atoms with van der Waals surface area (Å²) in [6.07, 6.45) is 4.18. The van der Waals surface area contributed by atoms with E-state index in [0.717, 1.165) is 54.0 Å². The van der Waals surface area contributed by atoms with Gasteiger partial charge in [0.1, 0.15) is 5.76 Å². The highest BCUT2D eigenvalue weighted by Crippen LogP contribution is 2.33. The Hall–Kier alpha value is -3.38. The molecule has 0 saturated carbocycles. The van der Waals surface area contributed by atoms with Gasteiger partial charge in [-0.1, -0.05) is 29.8 Å². The monoisotopic (exact) mass is 461 g/mol. The molecular weight excluding hydrogens is 438 g/mol. The topological polar surface area (TPSA) is 74.9 Å². The standard InChI is InChI=1S/C26H24ClN3O3/c1-16-23-20(28-29-25(31)18-11-13-19(27)14-12-18)8-4-10-22(23)33-24(16)26(32)30-15-5-7-17-6-2-3-9-21(17)30/h2-3,6,9,11-14H,4-5,7-8,10,15H2,1H3,(H,29,31)/b28-20+. The minimum Gasteiger partial charge on any atom is -0.455 e. The molecule has 0 atom stereocenters. The van der Waals surface area contributed by atoms with Crippen LogP contribution < -0.4 is 10.3 Å². The summed E-state index contributed by atoms with van der Waals surface area (Å²) in [6, 6.07) is 14.7. The number of amides is 2. The van der Waals surface area contributed by atoms with Crippen LogP contribution in [0.1, 0.15) is 62.6 Å². The fourth-order valence-corrected chi connectivity index (χ4v) is 4.76. The van der Waals surface area contributed by atoms with Gasteiger partial charge in [-0.3, -0.25) is 9.59 Å². The predicted molar refractivity (Wildman–Crippen MR) is 128 cm³/mol. The Morgan fingerprint density at radius 2 is 1.82 bits per heavy atom. The molecule has 6 nitrogen and oxygen atoms in total. The lowest BCUT2D eigenvalue weighted by atomic mass is 9.93. The molecule has 0 bridgehead atoms. The molecule has 2 heterocycles. The van der Waals surface area contributed by atoms with Crippen molar-refractivity contribution in [2.75, 3.05) is 11.4 Å². The van der Waals surface area contributed by atoms with Crippen LogP contribution in [0.5, 0.6) is 0 Å². The number of aryl methyl sites for hydroxylation is 2. The van der Waals surface area contributed by atoms with Gasteiger partial charge in [0.2, 0.25) is 0 Å². The van der Waals surface area contributed by atoms with E-state index in [-0.39, 0.29) is 11.8 Å². The van der Waals surface area contributed by atoms with Crippen LogP contribution in [0.4, 0.5) is 5.69 Å². The van der Waals surface area contributed by atoms with Crippen molar-refractivity contribution in [2.24, 2.45) is 5.10 Å². The molecule has 0 spiro atoms. The van der Waals surface area contributed by atoms with E-state index >= 15 is 0 Å². The Kier molecular flexibility index (Phi) is 5.77. The maximum Gasteiger partial charge on any atom is 0.294 e. The second-order valence-electron chi connectivity index (χ2n) is 8.40. The van der Waals surface area contributed by atoms with Gasteiger partial charge in [-0.2, -0.15) is 5.10 Å². The van der Waals surface area contributed by atoms with E-state index < -0.39 is 0 Å². The molecule has 168 valence electrons. The Labute approximate surface area is 197 Å². The number of nitrogens with one attached hydrogen (secondary N) is 1. The highest BCUT2D eigenvalue weighted by atomic mass is 35.5. The average Bonchev–Trinajstić information content (AvgIpc) is 3.19. The fraction of sp³-hybridized carbons (Fsp3) is 0.269. The maximum atomic E-state index is 13.5. The van der Waals surface area contributed by atoms with Crippen molar-refractivity contribution < 1.29 is 14.0 Å². The number of benzene rings is 2. The van der Waals surface area contributed by atoms with E-state index in [4.69, 9.17) is 16.0 Å². The molecule has 1 N–H and O–H groups in total. The number of fused-ring (bicyclic) bond motifs is 2. The lowest BCUT2D eigenvalue weighted by molar-refractivity contribution is 0.0948. The van der Waals surface area contributed by atoms with E-state index in [1.54, 1.807) is 24.3 Å². The van der Waals surface area contributed by atoms with Crippen LogP contribution in [-0.4, -0.2) is 24.1 Å². The lowest BCUT2D eigenvalue weighted by Gasteiger charge is -2.28. The van der Waals surface area contributed by atoms with Crippen molar-refractivity contribution >= 4 is 34.8 Å².